The maximum absolute atomic E-state index is 13.6. The first-order chi connectivity index (χ1) is 16.5. The van der Waals surface area contributed by atoms with Gasteiger partial charge in [-0.15, -0.1) is 0 Å². The molecule has 0 fully saturated rings. The lowest BCUT2D eigenvalue weighted by molar-refractivity contribution is -0.137. The van der Waals surface area contributed by atoms with Gasteiger partial charge in [-0.3, -0.25) is 0 Å². The molecule has 0 N–H and O–H groups in total. The molecule has 0 amide bonds. The van der Waals surface area contributed by atoms with Gasteiger partial charge in [0.25, 0.3) is 0 Å². The average Bonchev–Trinajstić information content (AvgIpc) is 2.82. The van der Waals surface area contributed by atoms with Gasteiger partial charge < -0.3 is 0 Å². The van der Waals surface area contributed by atoms with Crippen LogP contribution in [0.4, 0.5) is 13.2 Å². The molecule has 0 aromatic heterocycles. The fourth-order valence-electron chi connectivity index (χ4n) is 3.83. The first-order valence-electron chi connectivity index (χ1n) is 10.7. The predicted octanol–water partition coefficient (Wildman–Crippen LogP) is 7.92. The Morgan fingerprint density at radius 2 is 1.06 bits per heavy atom. The van der Waals surface area contributed by atoms with Crippen LogP contribution in [-0.4, -0.2) is 8.42 Å². The fraction of sp³-hybridized carbons (Fsp3) is 0.111. The van der Waals surface area contributed by atoms with Crippen LogP contribution in [0.15, 0.2) is 123 Å². The zero-order valence-corrected chi connectivity index (χ0v) is 20.6. The molecule has 0 spiro atoms. The highest BCUT2D eigenvalue weighted by Crippen LogP contribution is 2.70. The third kappa shape index (κ3) is 5.15. The summed E-state index contributed by atoms with van der Waals surface area (Å²) < 4.78 is 72.6. The average molecular weight is 517 g/mol. The second-order valence-electron chi connectivity index (χ2n) is 8.05. The molecule has 0 unspecified atom stereocenters. The van der Waals surface area contributed by atoms with Crippen LogP contribution < -0.4 is 0 Å². The van der Waals surface area contributed by atoms with Crippen molar-refractivity contribution in [3.05, 3.63) is 120 Å². The third-order valence-corrected chi connectivity index (χ3v) is 10.5. The summed E-state index contributed by atoms with van der Waals surface area (Å²) in [5.41, 5.74) is 0.925. The molecule has 0 radical (unpaired) electrons. The first-order valence-corrected chi connectivity index (χ1v) is 13.6. The van der Waals surface area contributed by atoms with Crippen LogP contribution in [0.5, 0.6) is 0 Å². The summed E-state index contributed by atoms with van der Waals surface area (Å²) in [5.74, 6) is 0. The van der Waals surface area contributed by atoms with E-state index in [1.807, 2.05) is 68.4 Å². The van der Waals surface area contributed by atoms with Gasteiger partial charge in [0, 0.05) is 14.7 Å². The monoisotopic (exact) mass is 516 g/mol. The fourth-order valence-corrected chi connectivity index (χ4v) is 9.24. The quantitative estimate of drug-likeness (QED) is 0.261. The third-order valence-electron chi connectivity index (χ3n) is 5.34. The van der Waals surface area contributed by atoms with E-state index >= 15 is 0 Å². The number of halogens is 3. The van der Waals surface area contributed by atoms with Crippen molar-refractivity contribution in [3.8, 4) is 0 Å². The second kappa shape index (κ2) is 9.53. The van der Waals surface area contributed by atoms with Gasteiger partial charge in [-0.25, -0.2) is 3.63 Å². The van der Waals surface area contributed by atoms with E-state index in [9.17, 15) is 21.6 Å². The van der Waals surface area contributed by atoms with E-state index in [2.05, 4.69) is 0 Å². The summed E-state index contributed by atoms with van der Waals surface area (Å²) in [5, 5.41) is 0. The van der Waals surface area contributed by atoms with Crippen LogP contribution in [0.2, 0.25) is 0 Å². The summed E-state index contributed by atoms with van der Waals surface area (Å²) in [4.78, 5) is 1.61. The molecule has 35 heavy (non-hydrogen) atoms. The van der Waals surface area contributed by atoms with Gasteiger partial charge in [0.1, 0.15) is 0 Å². The van der Waals surface area contributed by atoms with Crippen molar-refractivity contribution >= 4 is 20.4 Å². The summed E-state index contributed by atoms with van der Waals surface area (Å²) in [7, 11) is -7.31. The number of hydrogen-bond donors (Lipinski definition) is 0. The minimum absolute atomic E-state index is 0.349. The summed E-state index contributed by atoms with van der Waals surface area (Å²) >= 11 is 0. The lowest BCUT2D eigenvalue weighted by Gasteiger charge is -2.39. The summed E-state index contributed by atoms with van der Waals surface area (Å²) in [6.07, 6.45) is -4.58. The molecule has 4 rings (SSSR count). The van der Waals surface area contributed by atoms with E-state index in [4.69, 9.17) is 3.63 Å². The number of alkyl halides is 3. The van der Waals surface area contributed by atoms with Crippen molar-refractivity contribution in [2.45, 2.75) is 39.6 Å². The van der Waals surface area contributed by atoms with Crippen LogP contribution in [0, 0.1) is 13.8 Å². The van der Waals surface area contributed by atoms with Crippen LogP contribution in [0.1, 0.15) is 16.7 Å². The van der Waals surface area contributed by atoms with Crippen molar-refractivity contribution in [2.24, 2.45) is 0 Å². The Kier molecular flexibility index (Phi) is 6.81. The van der Waals surface area contributed by atoms with Gasteiger partial charge in [0.05, 0.1) is 10.5 Å². The molecule has 0 atom stereocenters. The Balaban J connectivity index is 1.97. The molecule has 0 heterocycles. The van der Waals surface area contributed by atoms with E-state index in [1.165, 1.54) is 0 Å². The molecule has 0 saturated heterocycles. The zero-order chi connectivity index (χ0) is 25.3. The minimum Gasteiger partial charge on any atom is -0.203 e. The van der Waals surface area contributed by atoms with Gasteiger partial charge >= 0.3 is 16.3 Å². The van der Waals surface area contributed by atoms with Crippen LogP contribution >= 0.6 is 10.3 Å². The Morgan fingerprint density at radius 1 is 0.600 bits per heavy atom. The standard InChI is InChI=1S/C27H23F3O3S2/c1-20-17-21(2)19-26(18-20)34(23-9-5-3-6-10-23,24-11-7-4-8-12-24)33-35(31,32)25-15-13-22(14-16-25)27(28,29)30/h3-19H,1-2H3. The molecule has 4 aromatic carbocycles. The lowest BCUT2D eigenvalue weighted by Crippen LogP contribution is -2.15. The molecular weight excluding hydrogens is 493 g/mol. The summed E-state index contributed by atoms with van der Waals surface area (Å²) in [6, 6.07) is 27.2. The topological polar surface area (TPSA) is 43.4 Å². The van der Waals surface area contributed by atoms with E-state index in [1.54, 1.807) is 24.3 Å². The van der Waals surface area contributed by atoms with Crippen LogP contribution in [0.25, 0.3) is 0 Å². The van der Waals surface area contributed by atoms with E-state index < -0.39 is 32.2 Å². The maximum Gasteiger partial charge on any atom is 0.416 e. The van der Waals surface area contributed by atoms with Crippen molar-refractivity contribution in [1.29, 1.82) is 0 Å². The minimum atomic E-state index is -4.58. The van der Waals surface area contributed by atoms with Gasteiger partial charge in [0.15, 0.2) is 0 Å². The number of benzene rings is 4. The second-order valence-corrected chi connectivity index (χ2v) is 12.5. The van der Waals surface area contributed by atoms with Crippen molar-refractivity contribution < 1.29 is 25.2 Å². The van der Waals surface area contributed by atoms with Crippen molar-refractivity contribution in [2.75, 3.05) is 0 Å². The smallest absolute Gasteiger partial charge is 0.203 e. The molecule has 8 heteroatoms. The van der Waals surface area contributed by atoms with Gasteiger partial charge in [-0.2, -0.15) is 21.6 Å². The van der Waals surface area contributed by atoms with Gasteiger partial charge in [-0.05, 0) is 95.9 Å². The molecule has 182 valence electrons. The van der Waals surface area contributed by atoms with Gasteiger partial charge in [-0.1, -0.05) is 42.5 Å². The highest BCUT2D eigenvalue weighted by molar-refractivity contribution is 8.33. The van der Waals surface area contributed by atoms with E-state index in [-0.39, 0.29) is 4.90 Å². The Morgan fingerprint density at radius 3 is 1.49 bits per heavy atom. The number of rotatable bonds is 6. The zero-order valence-electron chi connectivity index (χ0n) is 19.0. The Bertz CT molecular complexity index is 1360. The van der Waals surface area contributed by atoms with Gasteiger partial charge in [0.2, 0.25) is 0 Å². The summed E-state index contributed by atoms with van der Waals surface area (Å²) in [6.45, 7) is 3.84. The molecular formula is C27H23F3O3S2. The van der Waals surface area contributed by atoms with Crippen LogP contribution in [-0.2, 0) is 19.9 Å². The SMILES string of the molecule is Cc1cc(C)cc(S(OS(=O)(=O)c2ccc(C(F)(F)F)cc2)(c2ccccc2)c2ccccc2)c1. The maximum atomic E-state index is 13.6. The largest absolute Gasteiger partial charge is 0.416 e. The van der Waals surface area contributed by atoms with Crippen molar-refractivity contribution in [1.82, 2.24) is 0 Å². The molecule has 0 saturated carbocycles. The molecule has 0 bridgehead atoms. The number of aryl methyl sites for hydroxylation is 2. The predicted molar refractivity (Wildman–Crippen MR) is 131 cm³/mol. The molecule has 0 aliphatic heterocycles. The normalized spacial score (nSPS) is 12.9. The molecule has 3 nitrogen and oxygen atoms in total. The first kappa shape index (κ1) is 25.0. The highest BCUT2D eigenvalue weighted by atomic mass is 32.3. The molecule has 0 aliphatic rings. The molecule has 0 aliphatic carbocycles. The molecule has 4 aromatic rings. The van der Waals surface area contributed by atoms with E-state index in [0.717, 1.165) is 35.4 Å². The van der Waals surface area contributed by atoms with E-state index in [0.29, 0.717) is 14.7 Å². The lowest BCUT2D eigenvalue weighted by atomic mass is 10.2. The Labute approximate surface area is 204 Å². The van der Waals surface area contributed by atoms with Crippen molar-refractivity contribution in [3.63, 3.8) is 0 Å². The number of hydrogen-bond acceptors (Lipinski definition) is 3. The highest BCUT2D eigenvalue weighted by Gasteiger charge is 2.39. The Hall–Kier alpha value is -3.07. The van der Waals surface area contributed by atoms with Crippen LogP contribution in [0.3, 0.4) is 0 Å².